The van der Waals surface area contributed by atoms with Crippen molar-refractivity contribution in [2.24, 2.45) is 5.92 Å². The van der Waals surface area contributed by atoms with Crippen molar-refractivity contribution in [2.75, 3.05) is 19.9 Å². The molecule has 0 radical (unpaired) electrons. The molecule has 0 saturated heterocycles. The minimum absolute atomic E-state index is 0.00562. The molecule has 0 spiro atoms. The maximum absolute atomic E-state index is 11.0. The second-order valence-electron chi connectivity index (χ2n) is 3.15. The Labute approximate surface area is 67.6 Å². The van der Waals surface area contributed by atoms with Gasteiger partial charge >= 0.3 is 0 Å². The van der Waals surface area contributed by atoms with E-state index < -0.39 is 7.37 Å². The van der Waals surface area contributed by atoms with Gasteiger partial charge in [-0.05, 0) is 0 Å². The SMILES string of the molecule is CC(C)C(=O)COP(C)(C)=O. The number of rotatable bonds is 4. The van der Waals surface area contributed by atoms with Crippen molar-refractivity contribution in [1.29, 1.82) is 0 Å². The van der Waals surface area contributed by atoms with E-state index in [-0.39, 0.29) is 18.3 Å². The molecule has 0 aromatic carbocycles. The van der Waals surface area contributed by atoms with Gasteiger partial charge in [0, 0.05) is 19.2 Å². The van der Waals surface area contributed by atoms with Gasteiger partial charge in [-0.25, -0.2) is 0 Å². The zero-order valence-corrected chi connectivity index (χ0v) is 8.35. The summed E-state index contributed by atoms with van der Waals surface area (Å²) in [7, 11) is -2.48. The van der Waals surface area contributed by atoms with Gasteiger partial charge in [0.2, 0.25) is 0 Å². The van der Waals surface area contributed by atoms with Gasteiger partial charge in [-0.2, -0.15) is 0 Å². The van der Waals surface area contributed by atoms with E-state index in [4.69, 9.17) is 4.52 Å². The van der Waals surface area contributed by atoms with Crippen LogP contribution in [-0.4, -0.2) is 25.7 Å². The Balaban J connectivity index is 3.73. The summed E-state index contributed by atoms with van der Waals surface area (Å²) < 4.78 is 15.8. The van der Waals surface area contributed by atoms with Crippen LogP contribution in [0.4, 0.5) is 0 Å². The molecular formula is C7H15O3P. The molecular weight excluding hydrogens is 163 g/mol. The molecule has 0 unspecified atom stereocenters. The fourth-order valence-electron chi connectivity index (χ4n) is 0.386. The van der Waals surface area contributed by atoms with Gasteiger partial charge in [-0.1, -0.05) is 13.8 Å². The Bertz CT molecular complexity index is 180. The Morgan fingerprint density at radius 1 is 1.45 bits per heavy atom. The lowest BCUT2D eigenvalue weighted by molar-refractivity contribution is -0.123. The van der Waals surface area contributed by atoms with Gasteiger partial charge in [-0.15, -0.1) is 0 Å². The van der Waals surface area contributed by atoms with Crippen LogP contribution in [0.3, 0.4) is 0 Å². The highest BCUT2D eigenvalue weighted by Crippen LogP contribution is 2.36. The molecule has 0 N–H and O–H groups in total. The Morgan fingerprint density at radius 2 is 1.91 bits per heavy atom. The van der Waals surface area contributed by atoms with Crippen LogP contribution in [0.5, 0.6) is 0 Å². The van der Waals surface area contributed by atoms with Crippen LogP contribution < -0.4 is 0 Å². The van der Waals surface area contributed by atoms with Gasteiger partial charge < -0.3 is 4.52 Å². The smallest absolute Gasteiger partial charge is 0.197 e. The number of hydrogen-bond donors (Lipinski definition) is 0. The minimum atomic E-state index is -2.48. The highest BCUT2D eigenvalue weighted by molar-refractivity contribution is 7.57. The summed E-state index contributed by atoms with van der Waals surface area (Å²) in [4.78, 5) is 10.9. The fourth-order valence-corrected chi connectivity index (χ4v) is 0.824. The number of ketones is 1. The lowest BCUT2D eigenvalue weighted by Crippen LogP contribution is -2.13. The Morgan fingerprint density at radius 3 is 2.18 bits per heavy atom. The molecule has 0 fully saturated rings. The lowest BCUT2D eigenvalue weighted by atomic mass is 10.1. The standard InChI is InChI=1S/C7H15O3P/c1-6(2)7(8)5-10-11(3,4)9/h6H,5H2,1-4H3. The number of carbonyl (C=O) groups is 1. The van der Waals surface area contributed by atoms with E-state index in [1.807, 2.05) is 0 Å². The quantitative estimate of drug-likeness (QED) is 0.616. The average molecular weight is 178 g/mol. The summed E-state index contributed by atoms with van der Waals surface area (Å²) in [5.41, 5.74) is 0. The van der Waals surface area contributed by atoms with Crippen LogP contribution in [0, 0.1) is 5.92 Å². The van der Waals surface area contributed by atoms with E-state index in [1.165, 1.54) is 13.3 Å². The predicted octanol–water partition coefficient (Wildman–Crippen LogP) is 1.77. The first-order valence-corrected chi connectivity index (χ1v) is 6.07. The molecule has 0 amide bonds. The molecule has 0 heterocycles. The van der Waals surface area contributed by atoms with Crippen LogP contribution in [-0.2, 0) is 13.9 Å². The summed E-state index contributed by atoms with van der Waals surface area (Å²) in [5.74, 6) is -0.0459. The van der Waals surface area contributed by atoms with Crippen molar-refractivity contribution in [3.8, 4) is 0 Å². The van der Waals surface area contributed by atoms with E-state index in [1.54, 1.807) is 13.8 Å². The Kier molecular flexibility index (Phi) is 3.98. The topological polar surface area (TPSA) is 43.4 Å². The summed E-state index contributed by atoms with van der Waals surface area (Å²) >= 11 is 0. The van der Waals surface area contributed by atoms with Crippen LogP contribution >= 0.6 is 7.37 Å². The van der Waals surface area contributed by atoms with Crippen LogP contribution in [0.25, 0.3) is 0 Å². The first-order chi connectivity index (χ1) is 4.83. The average Bonchev–Trinajstić information content (AvgIpc) is 1.80. The maximum Gasteiger partial charge on any atom is 0.197 e. The molecule has 0 bridgehead atoms. The number of Topliss-reactive ketones (excluding diaryl/α,β-unsaturated/α-hetero) is 1. The monoisotopic (exact) mass is 178 g/mol. The summed E-state index contributed by atoms with van der Waals surface area (Å²) in [6, 6.07) is 0. The normalized spacial score (nSPS) is 12.1. The van der Waals surface area contributed by atoms with Crippen molar-refractivity contribution in [3.63, 3.8) is 0 Å². The maximum atomic E-state index is 11.0. The summed E-state index contributed by atoms with van der Waals surface area (Å²) in [6.45, 7) is 6.56. The molecule has 3 nitrogen and oxygen atoms in total. The van der Waals surface area contributed by atoms with E-state index >= 15 is 0 Å². The van der Waals surface area contributed by atoms with Gasteiger partial charge in [-0.3, -0.25) is 9.36 Å². The van der Waals surface area contributed by atoms with Crippen LogP contribution in [0.15, 0.2) is 0 Å². The zero-order chi connectivity index (χ0) is 9.07. The molecule has 0 aliphatic heterocycles. The van der Waals surface area contributed by atoms with Crippen LogP contribution in [0.1, 0.15) is 13.8 Å². The third kappa shape index (κ3) is 6.27. The van der Waals surface area contributed by atoms with Gasteiger partial charge in [0.1, 0.15) is 6.61 Å². The molecule has 4 heteroatoms. The molecule has 0 aliphatic rings. The molecule has 0 saturated carbocycles. The van der Waals surface area contributed by atoms with Gasteiger partial charge in [0.05, 0.1) is 0 Å². The number of hydrogen-bond acceptors (Lipinski definition) is 3. The largest absolute Gasteiger partial charge is 0.321 e. The van der Waals surface area contributed by atoms with E-state index in [2.05, 4.69) is 0 Å². The predicted molar refractivity (Wildman–Crippen MR) is 45.3 cm³/mol. The third-order valence-corrected chi connectivity index (χ3v) is 1.91. The van der Waals surface area contributed by atoms with E-state index in [0.29, 0.717) is 0 Å². The molecule has 11 heavy (non-hydrogen) atoms. The van der Waals surface area contributed by atoms with E-state index in [9.17, 15) is 9.36 Å². The highest BCUT2D eigenvalue weighted by atomic mass is 31.2. The molecule has 0 aliphatic carbocycles. The van der Waals surface area contributed by atoms with Crippen molar-refractivity contribution in [2.45, 2.75) is 13.8 Å². The van der Waals surface area contributed by atoms with Crippen molar-refractivity contribution < 1.29 is 13.9 Å². The Hall–Kier alpha value is -0.140. The molecule has 0 aromatic rings. The minimum Gasteiger partial charge on any atom is -0.321 e. The highest BCUT2D eigenvalue weighted by Gasteiger charge is 2.12. The third-order valence-electron chi connectivity index (χ3n) is 1.16. The zero-order valence-electron chi connectivity index (χ0n) is 7.46. The molecule has 0 atom stereocenters. The second-order valence-corrected chi connectivity index (χ2v) is 5.91. The molecule has 66 valence electrons. The van der Waals surface area contributed by atoms with Crippen LogP contribution in [0.2, 0.25) is 0 Å². The summed E-state index contributed by atoms with van der Waals surface area (Å²) in [5, 5.41) is 0. The first-order valence-electron chi connectivity index (χ1n) is 3.55. The molecule has 0 rings (SSSR count). The summed E-state index contributed by atoms with van der Waals surface area (Å²) in [6.07, 6.45) is 0. The second kappa shape index (κ2) is 4.03. The fraction of sp³-hybridized carbons (Fsp3) is 0.857. The van der Waals surface area contributed by atoms with Crippen molar-refractivity contribution in [1.82, 2.24) is 0 Å². The van der Waals surface area contributed by atoms with Gasteiger partial charge in [0.25, 0.3) is 0 Å². The van der Waals surface area contributed by atoms with Gasteiger partial charge in [0.15, 0.2) is 13.2 Å². The molecule has 0 aromatic heterocycles. The van der Waals surface area contributed by atoms with E-state index in [0.717, 1.165) is 0 Å². The lowest BCUT2D eigenvalue weighted by Gasteiger charge is -2.08. The van der Waals surface area contributed by atoms with Crippen molar-refractivity contribution in [3.05, 3.63) is 0 Å². The van der Waals surface area contributed by atoms with Crippen molar-refractivity contribution >= 4 is 13.2 Å². The first kappa shape index (κ1) is 10.9. The number of carbonyl (C=O) groups excluding carboxylic acids is 1.